The number of carbonyl (C=O) groups is 4. The quantitative estimate of drug-likeness (QED) is 0.170. The molecule has 9 heteroatoms. The minimum atomic E-state index is -1.47. The molecular formula is C42H39N3O6. The van der Waals surface area contributed by atoms with Crippen molar-refractivity contribution in [3.63, 3.8) is 0 Å². The number of aromatic hydroxyl groups is 1. The summed E-state index contributed by atoms with van der Waals surface area (Å²) >= 11 is 0. The lowest BCUT2D eigenvalue weighted by atomic mass is 9.49. The Hall–Kier alpha value is -5.70. The van der Waals surface area contributed by atoms with Gasteiger partial charge < -0.3 is 9.84 Å². The van der Waals surface area contributed by atoms with Crippen LogP contribution in [0.25, 0.3) is 0 Å². The summed E-state index contributed by atoms with van der Waals surface area (Å²) in [7, 11) is 1.51. The number of allylic oxidation sites excluding steroid dienone is 2. The fourth-order valence-electron chi connectivity index (χ4n) is 9.12. The van der Waals surface area contributed by atoms with Crippen molar-refractivity contribution in [2.45, 2.75) is 44.4 Å². The molecule has 2 heterocycles. The molecular weight excluding hydrogens is 642 g/mol. The van der Waals surface area contributed by atoms with Gasteiger partial charge in [0.2, 0.25) is 11.8 Å². The lowest BCUT2D eigenvalue weighted by Crippen LogP contribution is -2.53. The molecule has 0 aromatic heterocycles. The van der Waals surface area contributed by atoms with Crippen molar-refractivity contribution >= 4 is 35.0 Å². The number of nitrogens with zero attached hydrogens (tertiary/aromatic N) is 2. The summed E-state index contributed by atoms with van der Waals surface area (Å²) in [6, 6.07) is 29.2. The highest BCUT2D eigenvalue weighted by atomic mass is 16.5. The van der Waals surface area contributed by atoms with E-state index in [9.17, 15) is 19.5 Å². The van der Waals surface area contributed by atoms with Crippen LogP contribution < -0.4 is 15.1 Å². The van der Waals surface area contributed by atoms with Crippen molar-refractivity contribution in [3.05, 3.63) is 131 Å². The summed E-state index contributed by atoms with van der Waals surface area (Å²) in [5.41, 5.74) is 6.72. The maximum atomic E-state index is 15.2. The number of phenolic OH excluding ortho intramolecular Hbond substituents is 1. The smallest absolute Gasteiger partial charge is 0.260 e. The van der Waals surface area contributed by atoms with Crippen LogP contribution in [0.1, 0.15) is 47.9 Å². The van der Waals surface area contributed by atoms with E-state index in [2.05, 4.69) is 5.43 Å². The summed E-state index contributed by atoms with van der Waals surface area (Å²) in [5, 5.41) is 12.8. The number of hydrogen-bond acceptors (Lipinski definition) is 7. The standard InChI is InChI=1S/C42H39N3O6/c1-4-25-12-16-28(17-13-25)44-38(47)32-21-20-30-33(36(32)40(44)49)23-34-39(48)45(43-27-14-10-24(2)11-15-27)41(50)42(34,26-8-6-5-7-9-26)37(30)31-19-18-29(51-3)22-35(31)46/h5-20,22,32-34,36-37,43,46H,4,21,23H2,1-3H3/t32-,33+,34-,36-,37+,42+/m0/s1. The van der Waals surface area contributed by atoms with Gasteiger partial charge >= 0.3 is 0 Å². The van der Waals surface area contributed by atoms with E-state index in [1.807, 2.05) is 98.8 Å². The summed E-state index contributed by atoms with van der Waals surface area (Å²) in [6.45, 7) is 4.00. The number of phenols is 1. The van der Waals surface area contributed by atoms with Gasteiger partial charge in [0.15, 0.2) is 0 Å². The molecule has 258 valence electrons. The van der Waals surface area contributed by atoms with Gasteiger partial charge in [-0.3, -0.25) is 29.5 Å². The lowest BCUT2D eigenvalue weighted by molar-refractivity contribution is -0.138. The van der Waals surface area contributed by atoms with E-state index in [1.54, 1.807) is 12.1 Å². The Morgan fingerprint density at radius 2 is 1.59 bits per heavy atom. The number of hydrogen-bond donors (Lipinski definition) is 2. The van der Waals surface area contributed by atoms with Crippen LogP contribution in [-0.4, -0.2) is 40.9 Å². The van der Waals surface area contributed by atoms with Gasteiger partial charge in [0.25, 0.3) is 11.8 Å². The maximum absolute atomic E-state index is 15.2. The molecule has 0 spiro atoms. The number of hydrazine groups is 1. The normalized spacial score (nSPS) is 26.8. The number of nitrogens with one attached hydrogen (secondary N) is 1. The predicted molar refractivity (Wildman–Crippen MR) is 192 cm³/mol. The molecule has 0 radical (unpaired) electrons. The van der Waals surface area contributed by atoms with Gasteiger partial charge in [-0.2, -0.15) is 5.01 Å². The van der Waals surface area contributed by atoms with Gasteiger partial charge in [0, 0.05) is 17.5 Å². The van der Waals surface area contributed by atoms with E-state index in [4.69, 9.17) is 4.74 Å². The summed E-state index contributed by atoms with van der Waals surface area (Å²) in [5.74, 6) is -4.73. The fraction of sp³-hybridized carbons (Fsp3) is 0.286. The van der Waals surface area contributed by atoms with Gasteiger partial charge in [0.1, 0.15) is 11.5 Å². The molecule has 2 aliphatic heterocycles. The van der Waals surface area contributed by atoms with E-state index in [0.29, 0.717) is 34.7 Å². The first-order chi connectivity index (χ1) is 24.7. The molecule has 51 heavy (non-hydrogen) atoms. The topological polar surface area (TPSA) is 116 Å². The van der Waals surface area contributed by atoms with Crippen molar-refractivity contribution < 1.29 is 29.0 Å². The van der Waals surface area contributed by atoms with Crippen LogP contribution in [0, 0.1) is 30.6 Å². The Labute approximate surface area is 296 Å². The molecule has 4 aromatic rings. The average molecular weight is 682 g/mol. The number of anilines is 2. The first-order valence-corrected chi connectivity index (χ1v) is 17.5. The van der Waals surface area contributed by atoms with Crippen molar-refractivity contribution in [3.8, 4) is 11.5 Å². The lowest BCUT2D eigenvalue weighted by Gasteiger charge is -2.50. The summed E-state index contributed by atoms with van der Waals surface area (Å²) in [6.07, 6.45) is 3.29. The molecule has 3 fully saturated rings. The van der Waals surface area contributed by atoms with E-state index in [0.717, 1.165) is 28.1 Å². The second kappa shape index (κ2) is 12.3. The van der Waals surface area contributed by atoms with Crippen molar-refractivity contribution in [2.75, 3.05) is 17.4 Å². The van der Waals surface area contributed by atoms with Crippen molar-refractivity contribution in [2.24, 2.45) is 23.7 Å². The highest BCUT2D eigenvalue weighted by Crippen LogP contribution is 2.65. The van der Waals surface area contributed by atoms with E-state index < -0.39 is 46.8 Å². The first-order valence-electron chi connectivity index (χ1n) is 17.5. The molecule has 4 aliphatic rings. The number of fused-ring (bicyclic) bond motifs is 4. The fourth-order valence-corrected chi connectivity index (χ4v) is 9.12. The van der Waals surface area contributed by atoms with Crippen LogP contribution >= 0.6 is 0 Å². The maximum Gasteiger partial charge on any atom is 0.260 e. The van der Waals surface area contributed by atoms with Crippen LogP contribution in [0.3, 0.4) is 0 Å². The molecule has 0 bridgehead atoms. The minimum Gasteiger partial charge on any atom is -0.508 e. The molecule has 4 aromatic carbocycles. The summed E-state index contributed by atoms with van der Waals surface area (Å²) in [4.78, 5) is 59.9. The Bertz CT molecular complexity index is 2090. The van der Waals surface area contributed by atoms with Gasteiger partial charge in [0.05, 0.1) is 41.7 Å². The van der Waals surface area contributed by atoms with E-state index >= 15 is 4.79 Å². The number of imide groups is 2. The molecule has 1 saturated carbocycles. The number of aryl methyl sites for hydroxylation is 2. The molecule has 2 N–H and O–H groups in total. The average Bonchev–Trinajstić information content (AvgIpc) is 3.53. The number of carbonyl (C=O) groups excluding carboxylic acids is 4. The molecule has 0 unspecified atom stereocenters. The van der Waals surface area contributed by atoms with Crippen molar-refractivity contribution in [1.82, 2.24) is 5.01 Å². The number of methoxy groups -OCH3 is 1. The number of rotatable bonds is 7. The SMILES string of the molecule is CCc1ccc(N2C(=O)[C@H]3[C@H](CC=C4[C@H]3C[C@H]3C(=O)N(Nc5ccc(C)cc5)C(=O)[C@@]3(c3ccccc3)[C@H]4c3ccc(OC)cc3O)C2=O)cc1. The largest absolute Gasteiger partial charge is 0.508 e. The van der Waals surface area contributed by atoms with Gasteiger partial charge in [-0.25, -0.2) is 0 Å². The van der Waals surface area contributed by atoms with Crippen molar-refractivity contribution in [1.29, 1.82) is 0 Å². The zero-order valence-corrected chi connectivity index (χ0v) is 28.7. The first kappa shape index (κ1) is 32.5. The Morgan fingerprint density at radius 3 is 2.25 bits per heavy atom. The van der Waals surface area contributed by atoms with Crippen LogP contribution in [-0.2, 0) is 31.0 Å². The predicted octanol–water partition coefficient (Wildman–Crippen LogP) is 6.46. The monoisotopic (exact) mass is 681 g/mol. The molecule has 4 amide bonds. The van der Waals surface area contributed by atoms with E-state index in [1.165, 1.54) is 18.1 Å². The van der Waals surface area contributed by atoms with Gasteiger partial charge in [-0.1, -0.05) is 84.8 Å². The third kappa shape index (κ3) is 4.82. The molecule has 6 atom stereocenters. The minimum absolute atomic E-state index is 0.0891. The van der Waals surface area contributed by atoms with Gasteiger partial charge in [-0.15, -0.1) is 0 Å². The Kier molecular flexibility index (Phi) is 7.81. The van der Waals surface area contributed by atoms with Crippen LogP contribution in [0.15, 0.2) is 109 Å². The zero-order chi connectivity index (χ0) is 35.6. The second-order valence-electron chi connectivity index (χ2n) is 14.0. The highest BCUT2D eigenvalue weighted by Gasteiger charge is 2.70. The van der Waals surface area contributed by atoms with Gasteiger partial charge in [-0.05, 0) is 73.6 Å². The van der Waals surface area contributed by atoms with Crippen LogP contribution in [0.4, 0.5) is 11.4 Å². The number of ether oxygens (including phenoxy) is 1. The zero-order valence-electron chi connectivity index (χ0n) is 28.7. The molecule has 8 rings (SSSR count). The third-order valence-corrected chi connectivity index (χ3v) is 11.5. The second-order valence-corrected chi connectivity index (χ2v) is 14.0. The molecule has 2 saturated heterocycles. The summed E-state index contributed by atoms with van der Waals surface area (Å²) < 4.78 is 5.42. The number of amides is 4. The third-order valence-electron chi connectivity index (χ3n) is 11.5. The van der Waals surface area contributed by atoms with Crippen LogP contribution in [0.2, 0.25) is 0 Å². The Morgan fingerprint density at radius 1 is 0.863 bits per heavy atom. The highest BCUT2D eigenvalue weighted by molar-refractivity contribution is 6.22. The van der Waals surface area contributed by atoms with E-state index in [-0.39, 0.29) is 24.0 Å². The molecule has 2 aliphatic carbocycles. The number of benzene rings is 4. The molecule has 9 nitrogen and oxygen atoms in total. The van der Waals surface area contributed by atoms with Crippen LogP contribution in [0.5, 0.6) is 11.5 Å². The Balaban J connectivity index is 1.31.